The molecule has 0 saturated carbocycles. The Morgan fingerprint density at radius 1 is 1.19 bits per heavy atom. The first kappa shape index (κ1) is 19.1. The van der Waals surface area contributed by atoms with E-state index < -0.39 is 0 Å². The Balaban J connectivity index is 2.14. The molecule has 26 heavy (non-hydrogen) atoms. The highest BCUT2D eigenvalue weighted by Gasteiger charge is 2.11. The lowest BCUT2D eigenvalue weighted by Gasteiger charge is -2.12. The monoisotopic (exact) mass is 346 g/mol. The van der Waals surface area contributed by atoms with E-state index in [0.29, 0.717) is 28.5 Å². The van der Waals surface area contributed by atoms with E-state index in [-0.39, 0.29) is 12.2 Å². The Labute approximate surface area is 154 Å². The number of Topliss-reactive ketones (excluding diaryl/α,β-unsaturated/α-hetero) is 1. The average Bonchev–Trinajstić information content (AvgIpc) is 2.65. The van der Waals surface area contributed by atoms with E-state index >= 15 is 0 Å². The summed E-state index contributed by atoms with van der Waals surface area (Å²) in [6.45, 7) is 11.6. The first-order valence-electron chi connectivity index (χ1n) is 8.26. The topological polar surface area (TPSA) is 52.1 Å². The van der Waals surface area contributed by atoms with Gasteiger partial charge in [-0.3, -0.25) is 9.78 Å². The van der Waals surface area contributed by atoms with Crippen LogP contribution in [-0.4, -0.2) is 15.8 Å². The summed E-state index contributed by atoms with van der Waals surface area (Å²) in [5, 5.41) is 0. The first-order valence-corrected chi connectivity index (χ1v) is 8.26. The van der Waals surface area contributed by atoms with E-state index in [1.807, 2.05) is 44.2 Å². The average molecular weight is 346 g/mol. The smallest absolute Gasteiger partial charge is 0.168 e. The van der Waals surface area contributed by atoms with E-state index in [1.165, 1.54) is 0 Å². The van der Waals surface area contributed by atoms with Crippen molar-refractivity contribution in [2.24, 2.45) is 0 Å². The van der Waals surface area contributed by atoms with Gasteiger partial charge in [0.25, 0.3) is 0 Å². The summed E-state index contributed by atoms with van der Waals surface area (Å²) in [5.74, 6) is 1.01. The van der Waals surface area contributed by atoms with Crippen LogP contribution in [0, 0.1) is 0 Å². The second-order valence-corrected chi connectivity index (χ2v) is 5.71. The van der Waals surface area contributed by atoms with E-state index in [1.54, 1.807) is 30.6 Å². The molecule has 0 bridgehead atoms. The molecule has 0 aliphatic heterocycles. The fourth-order valence-corrected chi connectivity index (χ4v) is 2.17. The van der Waals surface area contributed by atoms with Crippen molar-refractivity contribution in [3.05, 3.63) is 102 Å². The molecule has 0 radical (unpaired) electrons. The lowest BCUT2D eigenvalue weighted by Crippen LogP contribution is -2.06. The van der Waals surface area contributed by atoms with Crippen LogP contribution in [0.1, 0.15) is 35.6 Å². The maximum atomic E-state index is 12.3. The van der Waals surface area contributed by atoms with Gasteiger partial charge in [0.15, 0.2) is 5.78 Å². The highest BCUT2D eigenvalue weighted by molar-refractivity contribution is 5.97. The fraction of sp³-hybridized carbons (Fsp3) is 0.136. The highest BCUT2D eigenvalue weighted by atomic mass is 16.5. The molecule has 4 heteroatoms. The van der Waals surface area contributed by atoms with Crippen molar-refractivity contribution in [3.63, 3.8) is 0 Å². The summed E-state index contributed by atoms with van der Waals surface area (Å²) < 4.78 is 5.80. The molecule has 0 spiro atoms. The summed E-state index contributed by atoms with van der Waals surface area (Å²) in [6.07, 6.45) is 9.00. The van der Waals surface area contributed by atoms with Crippen LogP contribution in [-0.2, 0) is 11.2 Å². The van der Waals surface area contributed by atoms with Crippen LogP contribution in [0.3, 0.4) is 0 Å². The van der Waals surface area contributed by atoms with Crippen molar-refractivity contribution in [1.82, 2.24) is 9.97 Å². The van der Waals surface area contributed by atoms with Crippen molar-refractivity contribution in [2.75, 3.05) is 0 Å². The molecule has 0 aromatic carbocycles. The predicted molar refractivity (Wildman–Crippen MR) is 104 cm³/mol. The van der Waals surface area contributed by atoms with Crippen LogP contribution in [0.5, 0.6) is 0 Å². The fourth-order valence-electron chi connectivity index (χ4n) is 2.17. The van der Waals surface area contributed by atoms with Gasteiger partial charge in [0.2, 0.25) is 0 Å². The quantitative estimate of drug-likeness (QED) is 0.386. The minimum Gasteiger partial charge on any atom is -0.455 e. The molecule has 0 saturated heterocycles. The second-order valence-electron chi connectivity index (χ2n) is 5.71. The maximum Gasteiger partial charge on any atom is 0.168 e. The number of carbonyl (C=O) groups excluding carboxylic acids is 1. The summed E-state index contributed by atoms with van der Waals surface area (Å²) in [5.41, 5.74) is 2.63. The van der Waals surface area contributed by atoms with Gasteiger partial charge in [0.1, 0.15) is 17.2 Å². The van der Waals surface area contributed by atoms with Gasteiger partial charge in [0.05, 0.1) is 6.42 Å². The molecule has 0 aliphatic carbocycles. The van der Waals surface area contributed by atoms with Crippen LogP contribution >= 0.6 is 0 Å². The minimum absolute atomic E-state index is 0.0146. The molecule has 0 atom stereocenters. The molecular formula is C22H22N2O2. The van der Waals surface area contributed by atoms with Crippen LogP contribution < -0.4 is 0 Å². The van der Waals surface area contributed by atoms with Crippen LogP contribution in [0.4, 0.5) is 0 Å². The standard InChI is InChI=1S/C22H22N2O2/c1-5-6-10-22(16(2)3)26-17(4)20-9-7-8-19(24-20)15-21(25)18-11-13-23-14-12-18/h5-14H,2,4,15H2,1,3H3/b6-5-,22-10+. The van der Waals surface area contributed by atoms with E-state index in [0.717, 1.165) is 5.57 Å². The number of nitrogens with zero attached hydrogens (tertiary/aromatic N) is 2. The predicted octanol–water partition coefficient (Wildman–Crippen LogP) is 4.93. The summed E-state index contributed by atoms with van der Waals surface area (Å²) in [6, 6.07) is 8.83. The number of rotatable bonds is 8. The molecule has 0 amide bonds. The zero-order chi connectivity index (χ0) is 18.9. The number of hydrogen-bond acceptors (Lipinski definition) is 4. The number of ether oxygens (including phenoxy) is 1. The summed E-state index contributed by atoms with van der Waals surface area (Å²) in [4.78, 5) is 20.7. The second kappa shape index (κ2) is 9.28. The Hall–Kier alpha value is -3.27. The van der Waals surface area contributed by atoms with E-state index in [4.69, 9.17) is 4.74 Å². The van der Waals surface area contributed by atoms with Crippen LogP contribution in [0.25, 0.3) is 5.76 Å². The molecule has 0 aliphatic rings. The Kier molecular flexibility index (Phi) is 6.80. The number of pyridine rings is 2. The number of carbonyl (C=O) groups is 1. The molecule has 2 aromatic rings. The summed E-state index contributed by atoms with van der Waals surface area (Å²) in [7, 11) is 0. The van der Waals surface area contributed by atoms with Crippen molar-refractivity contribution in [3.8, 4) is 0 Å². The van der Waals surface area contributed by atoms with Gasteiger partial charge in [0, 0.05) is 23.7 Å². The third-order valence-corrected chi connectivity index (χ3v) is 3.53. The third-order valence-electron chi connectivity index (χ3n) is 3.53. The minimum atomic E-state index is -0.0146. The molecular weight excluding hydrogens is 324 g/mol. The van der Waals surface area contributed by atoms with Crippen molar-refractivity contribution >= 4 is 11.5 Å². The Bertz CT molecular complexity index is 865. The molecule has 0 unspecified atom stereocenters. The van der Waals surface area contributed by atoms with Crippen LogP contribution in [0.2, 0.25) is 0 Å². The number of hydrogen-bond donors (Lipinski definition) is 0. The third kappa shape index (κ3) is 5.38. The zero-order valence-corrected chi connectivity index (χ0v) is 15.1. The van der Waals surface area contributed by atoms with Gasteiger partial charge in [-0.05, 0) is 49.8 Å². The molecule has 0 N–H and O–H groups in total. The zero-order valence-electron chi connectivity index (χ0n) is 15.1. The van der Waals surface area contributed by atoms with E-state index in [2.05, 4.69) is 23.1 Å². The van der Waals surface area contributed by atoms with Gasteiger partial charge in [-0.2, -0.15) is 0 Å². The normalized spacial score (nSPS) is 11.4. The van der Waals surface area contributed by atoms with Gasteiger partial charge in [-0.25, -0.2) is 4.98 Å². The lowest BCUT2D eigenvalue weighted by atomic mass is 10.1. The summed E-state index contributed by atoms with van der Waals surface area (Å²) >= 11 is 0. The highest BCUT2D eigenvalue weighted by Crippen LogP contribution is 2.20. The van der Waals surface area contributed by atoms with Gasteiger partial charge in [-0.1, -0.05) is 31.4 Å². The SMILES string of the molecule is C=C(C)/C(=C\C=C/C)OC(=C)c1cccc(CC(=O)c2ccncc2)n1. The van der Waals surface area contributed by atoms with Crippen LogP contribution in [0.15, 0.2) is 85.4 Å². The van der Waals surface area contributed by atoms with E-state index in [9.17, 15) is 4.79 Å². The van der Waals surface area contributed by atoms with Gasteiger partial charge < -0.3 is 4.74 Å². The van der Waals surface area contributed by atoms with Gasteiger partial charge >= 0.3 is 0 Å². The molecule has 4 nitrogen and oxygen atoms in total. The lowest BCUT2D eigenvalue weighted by molar-refractivity contribution is 0.0992. The molecule has 2 rings (SSSR count). The number of allylic oxidation sites excluding steroid dienone is 4. The Morgan fingerprint density at radius 3 is 2.58 bits per heavy atom. The van der Waals surface area contributed by atoms with Gasteiger partial charge in [-0.15, -0.1) is 0 Å². The largest absolute Gasteiger partial charge is 0.455 e. The molecule has 2 aromatic heterocycles. The molecule has 132 valence electrons. The Morgan fingerprint density at radius 2 is 1.92 bits per heavy atom. The molecule has 2 heterocycles. The maximum absolute atomic E-state index is 12.3. The van der Waals surface area contributed by atoms with Crippen molar-refractivity contribution < 1.29 is 9.53 Å². The number of aromatic nitrogens is 2. The van der Waals surface area contributed by atoms with Crippen molar-refractivity contribution in [1.29, 1.82) is 0 Å². The first-order chi connectivity index (χ1) is 12.5. The number of ketones is 1. The van der Waals surface area contributed by atoms with Crippen molar-refractivity contribution in [2.45, 2.75) is 20.3 Å². The molecule has 0 fully saturated rings.